The number of carboxylic acid groups (broad SMARTS) is 1. The monoisotopic (exact) mass is 1280 g/mol. The highest BCUT2D eigenvalue weighted by Gasteiger charge is 2.68. The van der Waals surface area contributed by atoms with Gasteiger partial charge in [0, 0.05) is 59.8 Å². The molecule has 3 heterocycles. The van der Waals surface area contributed by atoms with Crippen LogP contribution < -0.4 is 5.32 Å². The first-order valence-corrected chi connectivity index (χ1v) is 29.1. The van der Waals surface area contributed by atoms with E-state index in [-0.39, 0.29) is 37.8 Å². The van der Waals surface area contributed by atoms with Gasteiger partial charge >= 0.3 is 32.2 Å². The van der Waals surface area contributed by atoms with Crippen LogP contribution in [0.2, 0.25) is 5.02 Å². The smallest absolute Gasteiger partial charge is 0.472 e. The van der Waals surface area contributed by atoms with Crippen molar-refractivity contribution >= 4 is 75.3 Å². The number of phosphoric acid groups is 1. The lowest BCUT2D eigenvalue weighted by molar-refractivity contribution is -0.143. The van der Waals surface area contributed by atoms with Crippen LogP contribution in [0.5, 0.6) is 0 Å². The average molecular weight is 1280 g/mol. The molecule has 3 amide bonds. The molecule has 36 heteroatoms. The molecular weight excluding hydrogens is 1230 g/mol. The maximum atomic E-state index is 15.7. The largest absolute Gasteiger partial charge is 0.755 e. The normalized spacial score (nSPS) is 16.5. The van der Waals surface area contributed by atoms with Gasteiger partial charge in [-0.3, -0.25) is 32.3 Å². The van der Waals surface area contributed by atoms with Crippen LogP contribution in [0, 0.1) is 29.4 Å². The van der Waals surface area contributed by atoms with E-state index < -0.39 is 215 Å². The molecule has 4 atom stereocenters. The Morgan fingerprint density at radius 1 is 1.00 bits per heavy atom. The summed E-state index contributed by atoms with van der Waals surface area (Å²) in [6, 6.07) is 4.59. The molecule has 4 N–H and O–H groups in total. The van der Waals surface area contributed by atoms with E-state index in [9.17, 15) is 76.0 Å². The van der Waals surface area contributed by atoms with E-state index in [1.54, 1.807) is 0 Å². The third kappa shape index (κ3) is 15.2. The van der Waals surface area contributed by atoms with Gasteiger partial charge in [0.15, 0.2) is 15.5 Å². The van der Waals surface area contributed by atoms with Gasteiger partial charge in [0.1, 0.15) is 40.9 Å². The quantitative estimate of drug-likeness (QED) is 0.0175. The Labute approximate surface area is 476 Å². The molecule has 0 bridgehead atoms. The predicted molar refractivity (Wildman–Crippen MR) is 270 cm³/mol. The van der Waals surface area contributed by atoms with Gasteiger partial charge in [0.05, 0.1) is 52.2 Å². The van der Waals surface area contributed by atoms with Gasteiger partial charge in [-0.2, -0.15) is 45.3 Å². The number of phosphoric ester groups is 1. The van der Waals surface area contributed by atoms with Crippen LogP contribution in [-0.4, -0.2) is 127 Å². The molecule has 84 heavy (non-hydrogen) atoms. The Morgan fingerprint density at radius 2 is 1.65 bits per heavy atom. The summed E-state index contributed by atoms with van der Waals surface area (Å²) < 4.78 is 217. The number of hydrogen-bond donors (Lipinski definition) is 4. The number of carbonyl (C=O) groups is 4. The lowest BCUT2D eigenvalue weighted by atomic mass is 9.93. The first-order valence-electron chi connectivity index (χ1n) is 24.3. The van der Waals surface area contributed by atoms with Crippen molar-refractivity contribution in [2.24, 2.45) is 5.92 Å². The van der Waals surface area contributed by atoms with Crippen molar-refractivity contribution in [1.29, 1.82) is 0 Å². The Balaban J connectivity index is 1.34. The number of carbonyl (C=O) groups excluding carboxylic acids is 3. The van der Waals surface area contributed by atoms with Gasteiger partial charge in [0.2, 0.25) is 18.6 Å². The number of fused-ring (bicyclic) bond motifs is 4. The highest BCUT2D eigenvalue weighted by atomic mass is 35.5. The Morgan fingerprint density at radius 3 is 2.25 bits per heavy atom. The molecule has 2 aliphatic rings. The van der Waals surface area contributed by atoms with Crippen molar-refractivity contribution in [3.05, 3.63) is 98.7 Å². The molecule has 1 saturated carbocycles. The number of alkyl halides is 8. The first kappa shape index (κ1) is 64.8. The van der Waals surface area contributed by atoms with Gasteiger partial charge in [-0.15, -0.1) is 0 Å². The second kappa shape index (κ2) is 24.3. The minimum absolute atomic E-state index is 0.101. The van der Waals surface area contributed by atoms with Crippen LogP contribution in [0.15, 0.2) is 42.5 Å². The van der Waals surface area contributed by atoms with Crippen molar-refractivity contribution in [2.45, 2.75) is 101 Å². The molecule has 0 saturated heterocycles. The maximum Gasteiger partial charge on any atom is 0.472 e. The zero-order valence-electron chi connectivity index (χ0n) is 43.4. The molecule has 3 aromatic heterocycles. The minimum atomic E-state index is -5.26. The van der Waals surface area contributed by atoms with Crippen molar-refractivity contribution in [2.75, 3.05) is 26.1 Å². The fourth-order valence-electron chi connectivity index (χ4n) is 9.13. The molecule has 0 spiro atoms. The maximum absolute atomic E-state index is 15.7. The molecule has 22 nitrogen and oxygen atoms in total. The summed E-state index contributed by atoms with van der Waals surface area (Å²) in [7, 11) is -9.10. The molecule has 456 valence electrons. The molecule has 2 aliphatic carbocycles. The number of ether oxygens (including phenoxy) is 1. The number of halogens is 11. The zero-order chi connectivity index (χ0) is 62.4. The third-order valence-corrected chi connectivity index (χ3v) is 16.6. The number of aliphatic carboxylic acids is 1. The lowest BCUT2D eigenvalue weighted by Crippen LogP contribution is -2.36. The summed E-state index contributed by atoms with van der Waals surface area (Å²) in [6.07, 6.45) is -14.0. The standard InChI is InChI=1S/C48H46ClF10N8O14PS2/c1-45(2,84(3,78)79)12-10-27-6-7-28(40(60-27)33(17-24-15-25(50)18-26(51)16-24)61-35(68)21-65-43-38(42(63-65)48(57,58)59)30-19-31(30)47(43,55)56)29-8-9-32(49)39-34(62-66(41(29)39)22-46(52,53)54)20-67(83(76)77)36(69)5-4-13-64(14-11-37(70)71)44(72)80-23-81-82(73,74)75/h6-9,15-16,18,30-31,33H,4-5,11,13-14,17,19-23H2,1-3H3,(H,61,68)(H,70,71)(H,76,77)(H2,73,74,75)/p-1/t30-,31+,33?/m0/s1. The molecule has 0 aliphatic heterocycles. The summed E-state index contributed by atoms with van der Waals surface area (Å²) in [4.78, 5) is 74.7. The minimum Gasteiger partial charge on any atom is -0.755 e. The SMILES string of the molecule is CC(C)(C#Cc1ccc(-c2ccc(Cl)c3c(CN(C(=O)CCCN(CCC(=O)O)C(=O)OCOP(=O)(O)O)S(=O)[O-])nn(CC(F)(F)F)c23)c(C(Cc2cc(F)cc(F)c2)NC(=O)Cn2nc(C(F)(F)F)c3c2C(F)(F)[C@@H]2C[C@H]32)n1)S(C)(=O)=O. The van der Waals surface area contributed by atoms with E-state index in [2.05, 4.69) is 41.6 Å². The van der Waals surface area contributed by atoms with Gasteiger partial charge in [0.25, 0.3) is 5.92 Å². The number of nitrogens with one attached hydrogen (secondary N) is 1. The molecule has 0 radical (unpaired) electrons. The van der Waals surface area contributed by atoms with Crippen LogP contribution in [-0.2, 0) is 87.5 Å². The predicted octanol–water partition coefficient (Wildman–Crippen LogP) is 7.17. The van der Waals surface area contributed by atoms with Crippen molar-refractivity contribution in [3.8, 4) is 23.0 Å². The van der Waals surface area contributed by atoms with E-state index >= 15 is 8.78 Å². The number of carboxylic acids is 1. The Hall–Kier alpha value is -6.73. The van der Waals surface area contributed by atoms with Crippen LogP contribution >= 0.6 is 19.4 Å². The fourth-order valence-corrected chi connectivity index (χ4v) is 10.3. The summed E-state index contributed by atoms with van der Waals surface area (Å²) in [5.41, 5.74) is -6.70. The Bertz CT molecular complexity index is 3680. The fraction of sp³-hybridized carbons (Fsp3) is 0.438. The van der Waals surface area contributed by atoms with Gasteiger partial charge in [-0.25, -0.2) is 36.1 Å². The lowest BCUT2D eigenvalue weighted by Gasteiger charge is -2.25. The number of nitrogens with zero attached hydrogens (tertiary/aromatic N) is 7. The van der Waals surface area contributed by atoms with Crippen molar-refractivity contribution in [3.63, 3.8) is 0 Å². The van der Waals surface area contributed by atoms with Crippen LogP contribution in [0.4, 0.5) is 48.7 Å². The summed E-state index contributed by atoms with van der Waals surface area (Å²) in [5, 5.41) is 18.0. The van der Waals surface area contributed by atoms with Gasteiger partial charge in [-0.05, 0) is 80.8 Å². The van der Waals surface area contributed by atoms with E-state index in [0.717, 1.165) is 42.7 Å². The number of benzene rings is 2. The topological polar surface area (TPSA) is 306 Å². The number of sulfone groups is 1. The number of rotatable bonds is 22. The highest BCUT2D eigenvalue weighted by molar-refractivity contribution is 7.92. The molecular formula is C48H45ClF10N8O14PS2-. The second-order valence-corrected chi connectivity index (χ2v) is 24.8. The van der Waals surface area contributed by atoms with E-state index in [1.165, 1.54) is 13.8 Å². The highest BCUT2D eigenvalue weighted by Crippen LogP contribution is 2.68. The Kier molecular flexibility index (Phi) is 18.8. The van der Waals surface area contributed by atoms with E-state index in [0.29, 0.717) is 15.6 Å². The molecule has 7 rings (SSSR count). The third-order valence-electron chi connectivity index (χ3n) is 13.2. The number of aromatic nitrogens is 5. The molecule has 5 aromatic rings. The second-order valence-electron chi connectivity index (χ2n) is 19.7. The first-order chi connectivity index (χ1) is 38.8. The van der Waals surface area contributed by atoms with Crippen LogP contribution in [0.25, 0.3) is 22.0 Å². The number of hydrogen-bond acceptors (Lipinski definition) is 14. The number of amides is 3. The average Bonchev–Trinajstić information content (AvgIpc) is 1.53. The summed E-state index contributed by atoms with van der Waals surface area (Å²) in [5.74, 6) is -8.04. The van der Waals surface area contributed by atoms with E-state index in [1.807, 2.05) is 0 Å². The molecule has 2 unspecified atom stereocenters. The molecule has 1 fully saturated rings. The van der Waals surface area contributed by atoms with E-state index in [4.69, 9.17) is 26.5 Å². The van der Waals surface area contributed by atoms with Crippen molar-refractivity contribution in [1.82, 2.24) is 39.1 Å². The van der Waals surface area contributed by atoms with Gasteiger partial charge < -0.3 is 34.4 Å². The van der Waals surface area contributed by atoms with Crippen LogP contribution in [0.3, 0.4) is 0 Å². The number of pyridine rings is 1. The summed E-state index contributed by atoms with van der Waals surface area (Å²) >= 11 is 3.09. The van der Waals surface area contributed by atoms with Crippen LogP contribution in [0.1, 0.15) is 91.1 Å². The van der Waals surface area contributed by atoms with Crippen molar-refractivity contribution < 1.29 is 109 Å². The molecule has 2 aromatic carbocycles. The zero-order valence-corrected chi connectivity index (χ0v) is 46.7. The van der Waals surface area contributed by atoms with Gasteiger partial charge in [-0.1, -0.05) is 23.6 Å². The summed E-state index contributed by atoms with van der Waals surface area (Å²) in [6.45, 7) is -4.54.